The Kier molecular flexibility index (Phi) is 21.6. The van der Waals surface area contributed by atoms with Crippen molar-refractivity contribution in [1.29, 1.82) is 0 Å². The van der Waals surface area contributed by atoms with E-state index in [0.717, 1.165) is 25.7 Å². The summed E-state index contributed by atoms with van der Waals surface area (Å²) in [7, 11) is -9.44. The monoisotopic (exact) mass is 402 g/mol. The molecule has 0 aromatic carbocycles. The molecule has 6 nitrogen and oxygen atoms in total. The Morgan fingerprint density at radius 2 is 1.08 bits per heavy atom. The van der Waals surface area contributed by atoms with Gasteiger partial charge in [-0.15, -0.1) is 0 Å². The molecule has 0 saturated carbocycles. The average Bonchev–Trinajstić information content (AvgIpc) is 2.37. The van der Waals surface area contributed by atoms with Crippen LogP contribution in [0.3, 0.4) is 0 Å². The summed E-state index contributed by atoms with van der Waals surface area (Å²) in [6, 6.07) is 0. The minimum atomic E-state index is -4.74. The zero-order valence-electron chi connectivity index (χ0n) is 15.3. The van der Waals surface area contributed by atoms with Gasteiger partial charge in [-0.05, 0) is 6.42 Å². The summed E-state index contributed by atoms with van der Waals surface area (Å²) >= 11 is 0. The van der Waals surface area contributed by atoms with E-state index in [0.29, 0.717) is 6.42 Å². The van der Waals surface area contributed by atoms with Crippen molar-refractivity contribution in [3.05, 3.63) is 0 Å². The van der Waals surface area contributed by atoms with Gasteiger partial charge >= 0.3 is 59.1 Å². The summed E-state index contributed by atoms with van der Waals surface area (Å²) in [4.78, 5) is 0. The fourth-order valence-corrected chi connectivity index (χ4v) is 4.64. The SMILES string of the molecule is CCCCCCCCCCCCC(CS(=O)(=O)[O-])S(=O)(=O)[O-].[Na+].[Na+]. The van der Waals surface area contributed by atoms with Crippen molar-refractivity contribution >= 4 is 20.2 Å². The summed E-state index contributed by atoms with van der Waals surface area (Å²) in [6.45, 7) is 2.17. The second-order valence-electron chi connectivity index (χ2n) is 5.81. The maximum Gasteiger partial charge on any atom is 1.00 e. The third-order valence-electron chi connectivity index (χ3n) is 3.68. The Balaban J connectivity index is -0.00000220. The Hall–Kier alpha value is 1.82. The zero-order chi connectivity index (χ0) is 17.1. The third-order valence-corrected chi connectivity index (χ3v) is 5.92. The first-order valence-electron chi connectivity index (χ1n) is 8.05. The van der Waals surface area contributed by atoms with Crippen LogP contribution in [0.5, 0.6) is 0 Å². The molecular formula is C14H28Na2O6S2. The van der Waals surface area contributed by atoms with Gasteiger partial charge in [-0.25, -0.2) is 16.8 Å². The Bertz CT molecular complexity index is 479. The van der Waals surface area contributed by atoms with Crippen LogP contribution in [-0.2, 0) is 20.2 Å². The maximum absolute atomic E-state index is 10.9. The van der Waals surface area contributed by atoms with Gasteiger partial charge in [-0.3, -0.25) is 0 Å². The maximum atomic E-state index is 10.9. The molecular weight excluding hydrogens is 374 g/mol. The molecule has 0 rings (SSSR count). The first-order chi connectivity index (χ1) is 10.2. The van der Waals surface area contributed by atoms with Gasteiger partial charge in [0.1, 0.15) is 0 Å². The fraction of sp³-hybridized carbons (Fsp3) is 1.00. The van der Waals surface area contributed by atoms with E-state index in [9.17, 15) is 25.9 Å². The van der Waals surface area contributed by atoms with E-state index in [1.165, 1.54) is 32.1 Å². The predicted molar refractivity (Wildman–Crippen MR) is 84.5 cm³/mol. The van der Waals surface area contributed by atoms with Crippen LogP contribution in [0.25, 0.3) is 0 Å². The van der Waals surface area contributed by atoms with Gasteiger partial charge in [0, 0.05) is 0 Å². The van der Waals surface area contributed by atoms with Crippen molar-refractivity contribution in [2.75, 3.05) is 5.75 Å². The van der Waals surface area contributed by atoms with E-state index < -0.39 is 31.2 Å². The van der Waals surface area contributed by atoms with Crippen molar-refractivity contribution in [3.8, 4) is 0 Å². The molecule has 24 heavy (non-hydrogen) atoms. The van der Waals surface area contributed by atoms with Gasteiger partial charge in [0.05, 0.1) is 31.2 Å². The average molecular weight is 402 g/mol. The molecule has 0 aliphatic carbocycles. The van der Waals surface area contributed by atoms with E-state index in [1.54, 1.807) is 0 Å². The summed E-state index contributed by atoms with van der Waals surface area (Å²) in [5, 5.41) is -1.61. The Labute approximate surface area is 192 Å². The molecule has 0 radical (unpaired) electrons. The second kappa shape index (κ2) is 17.0. The first kappa shape index (κ1) is 30.5. The molecule has 0 heterocycles. The van der Waals surface area contributed by atoms with E-state index in [-0.39, 0.29) is 65.5 Å². The standard InChI is InChI=1S/C14H30O6S2.2Na/c1-2-3-4-5-6-7-8-9-10-11-12-14(22(18,19)20)13-21(15,16)17;;/h14H,2-13H2,1H3,(H,15,16,17)(H,18,19,20);;/q;2*+1/p-2. The zero-order valence-corrected chi connectivity index (χ0v) is 21.0. The predicted octanol–water partition coefficient (Wildman–Crippen LogP) is -3.24. The fourth-order valence-electron chi connectivity index (χ4n) is 2.40. The summed E-state index contributed by atoms with van der Waals surface area (Å²) in [5.41, 5.74) is 0. The van der Waals surface area contributed by atoms with E-state index in [4.69, 9.17) is 0 Å². The van der Waals surface area contributed by atoms with Gasteiger partial charge in [-0.2, -0.15) is 0 Å². The minimum absolute atomic E-state index is 0. The van der Waals surface area contributed by atoms with Crippen LogP contribution in [-0.4, -0.2) is 36.9 Å². The molecule has 1 atom stereocenters. The molecule has 0 spiro atoms. The van der Waals surface area contributed by atoms with Gasteiger partial charge in [0.25, 0.3) is 0 Å². The van der Waals surface area contributed by atoms with Crippen molar-refractivity contribution in [3.63, 3.8) is 0 Å². The molecule has 1 unspecified atom stereocenters. The third kappa shape index (κ3) is 20.1. The summed E-state index contributed by atoms with van der Waals surface area (Å²) in [5.74, 6) is -1.11. The van der Waals surface area contributed by atoms with Crippen LogP contribution in [0, 0.1) is 0 Å². The van der Waals surface area contributed by atoms with Crippen LogP contribution in [0.2, 0.25) is 0 Å². The molecule has 0 aromatic heterocycles. The summed E-state index contributed by atoms with van der Waals surface area (Å²) < 4.78 is 64.7. The van der Waals surface area contributed by atoms with Crippen LogP contribution in [0.1, 0.15) is 77.6 Å². The Morgan fingerprint density at radius 1 is 0.708 bits per heavy atom. The van der Waals surface area contributed by atoms with Crippen LogP contribution < -0.4 is 59.1 Å². The molecule has 0 fully saturated rings. The van der Waals surface area contributed by atoms with Crippen molar-refractivity contribution in [1.82, 2.24) is 0 Å². The largest absolute Gasteiger partial charge is 1.00 e. The number of unbranched alkanes of at least 4 members (excludes halogenated alkanes) is 9. The van der Waals surface area contributed by atoms with E-state index >= 15 is 0 Å². The Morgan fingerprint density at radius 3 is 1.42 bits per heavy atom. The van der Waals surface area contributed by atoms with Crippen LogP contribution in [0.4, 0.5) is 0 Å². The van der Waals surface area contributed by atoms with Crippen molar-refractivity contribution < 1.29 is 85.1 Å². The molecule has 0 saturated heterocycles. The van der Waals surface area contributed by atoms with Gasteiger partial charge in [0.15, 0.2) is 0 Å². The molecule has 134 valence electrons. The molecule has 0 aliphatic heterocycles. The van der Waals surface area contributed by atoms with Crippen molar-refractivity contribution in [2.45, 2.75) is 82.8 Å². The summed E-state index contributed by atoms with van der Waals surface area (Å²) in [6.07, 6.45) is 10.5. The van der Waals surface area contributed by atoms with Crippen LogP contribution in [0.15, 0.2) is 0 Å². The minimum Gasteiger partial charge on any atom is -0.748 e. The number of rotatable bonds is 14. The number of hydrogen-bond acceptors (Lipinski definition) is 6. The molecule has 0 aromatic rings. The topological polar surface area (TPSA) is 114 Å². The first-order valence-corrected chi connectivity index (χ1v) is 11.1. The quantitative estimate of drug-likeness (QED) is 0.171. The van der Waals surface area contributed by atoms with Crippen LogP contribution >= 0.6 is 0 Å². The normalized spacial score (nSPS) is 13.0. The van der Waals surface area contributed by atoms with Gasteiger partial charge in [-0.1, -0.05) is 71.1 Å². The molecule has 0 amide bonds. The molecule has 0 N–H and O–H groups in total. The molecule has 0 aliphatic rings. The molecule has 0 bridgehead atoms. The smallest absolute Gasteiger partial charge is 0.748 e. The van der Waals surface area contributed by atoms with Gasteiger partial charge < -0.3 is 9.11 Å². The van der Waals surface area contributed by atoms with E-state index in [2.05, 4.69) is 6.92 Å². The van der Waals surface area contributed by atoms with Crippen molar-refractivity contribution in [2.24, 2.45) is 0 Å². The van der Waals surface area contributed by atoms with Gasteiger partial charge in [0.2, 0.25) is 0 Å². The molecule has 10 heteroatoms. The second-order valence-corrected chi connectivity index (χ2v) is 8.91. The van der Waals surface area contributed by atoms with E-state index in [1.807, 2.05) is 0 Å². The number of hydrogen-bond donors (Lipinski definition) is 0.